The Bertz CT molecular complexity index is 1330. The van der Waals surface area contributed by atoms with Crippen LogP contribution in [0.15, 0.2) is 24.3 Å². The number of carbonyl (C=O) groups is 3. The minimum atomic E-state index is -3.58. The summed E-state index contributed by atoms with van der Waals surface area (Å²) < 4.78 is 105. The molecule has 7 nitrogen and oxygen atoms in total. The highest BCUT2D eigenvalue weighted by Crippen LogP contribution is 2.59. The molecular formula is C25H17F6IO7. The Labute approximate surface area is 229 Å². The van der Waals surface area contributed by atoms with Crippen LogP contribution >= 0.6 is 22.6 Å². The van der Waals surface area contributed by atoms with Crippen LogP contribution in [0, 0.1) is 50.5 Å². The summed E-state index contributed by atoms with van der Waals surface area (Å²) in [7, 11) is 0. The summed E-state index contributed by atoms with van der Waals surface area (Å²) in [5.74, 6) is -20.9. The third-order valence-electron chi connectivity index (χ3n) is 6.99. The van der Waals surface area contributed by atoms with Crippen LogP contribution in [0.25, 0.3) is 0 Å². The fourth-order valence-electron chi connectivity index (χ4n) is 5.45. The van der Waals surface area contributed by atoms with Crippen LogP contribution in [0.3, 0.4) is 0 Å². The third-order valence-corrected chi connectivity index (χ3v) is 7.71. The van der Waals surface area contributed by atoms with Gasteiger partial charge in [-0.05, 0) is 53.3 Å². The van der Waals surface area contributed by atoms with Crippen molar-refractivity contribution in [3.8, 4) is 11.5 Å². The largest absolute Gasteiger partial charge is 0.481 e. The molecule has 14 heteroatoms. The number of fused-ring (bicyclic) bond motifs is 1. The van der Waals surface area contributed by atoms with Gasteiger partial charge in [-0.3, -0.25) is 9.59 Å². The van der Waals surface area contributed by atoms with E-state index in [2.05, 4.69) is 4.74 Å². The van der Waals surface area contributed by atoms with Crippen LogP contribution in [-0.2, 0) is 19.1 Å². The Balaban J connectivity index is 1.39. The Morgan fingerprint density at radius 2 is 1.64 bits per heavy atom. The van der Waals surface area contributed by atoms with Crippen molar-refractivity contribution in [1.29, 1.82) is 0 Å². The molecule has 39 heavy (non-hydrogen) atoms. The second-order valence-corrected chi connectivity index (χ2v) is 10.8. The van der Waals surface area contributed by atoms with E-state index in [1.165, 1.54) is 12.1 Å². The zero-order chi connectivity index (χ0) is 28.4. The van der Waals surface area contributed by atoms with Crippen LogP contribution < -0.4 is 9.47 Å². The molecule has 5 rings (SSSR count). The molecule has 0 amide bonds. The van der Waals surface area contributed by atoms with Crippen LogP contribution in [0.4, 0.5) is 26.3 Å². The summed E-state index contributed by atoms with van der Waals surface area (Å²) in [6, 6.07) is 6.42. The maximum atomic E-state index is 14.6. The normalized spacial score (nSPS) is 26.9. The number of benzene rings is 2. The number of rotatable bonds is 7. The average molecular weight is 670 g/mol. The summed E-state index contributed by atoms with van der Waals surface area (Å²) in [5, 5.41) is 0. The van der Waals surface area contributed by atoms with Crippen molar-refractivity contribution >= 4 is 40.5 Å². The van der Waals surface area contributed by atoms with Gasteiger partial charge in [0, 0.05) is 22.3 Å². The van der Waals surface area contributed by atoms with Gasteiger partial charge >= 0.3 is 17.9 Å². The van der Waals surface area contributed by atoms with Gasteiger partial charge in [-0.25, -0.2) is 22.4 Å². The Morgan fingerprint density at radius 1 is 1.03 bits per heavy atom. The quantitative estimate of drug-likeness (QED) is 0.137. The fraction of sp³-hybridized carbons (Fsp3) is 0.400. The maximum absolute atomic E-state index is 14.6. The van der Waals surface area contributed by atoms with Crippen molar-refractivity contribution < 1.29 is 59.7 Å². The highest BCUT2D eigenvalue weighted by Gasteiger charge is 2.70. The molecule has 0 N–H and O–H groups in total. The molecule has 208 valence electrons. The summed E-state index contributed by atoms with van der Waals surface area (Å²) in [6.45, 7) is -1.25. The van der Waals surface area contributed by atoms with Crippen LogP contribution in [0.5, 0.6) is 11.5 Å². The molecule has 1 saturated heterocycles. The van der Waals surface area contributed by atoms with E-state index in [1.54, 1.807) is 12.1 Å². The van der Waals surface area contributed by atoms with Gasteiger partial charge in [0.05, 0.1) is 11.8 Å². The van der Waals surface area contributed by atoms with Crippen LogP contribution in [-0.4, -0.2) is 42.6 Å². The maximum Gasteiger partial charge on any atom is 0.344 e. The molecule has 1 heterocycles. The lowest BCUT2D eigenvalue weighted by atomic mass is 9.78. The lowest BCUT2D eigenvalue weighted by molar-refractivity contribution is -0.149. The first-order valence-corrected chi connectivity index (χ1v) is 12.6. The van der Waals surface area contributed by atoms with Gasteiger partial charge in [0.25, 0.3) is 5.92 Å². The molecular weight excluding hydrogens is 653 g/mol. The van der Waals surface area contributed by atoms with E-state index >= 15 is 0 Å². The second kappa shape index (κ2) is 9.86. The molecule has 3 fully saturated rings. The van der Waals surface area contributed by atoms with E-state index in [1.807, 2.05) is 22.6 Å². The van der Waals surface area contributed by atoms with Gasteiger partial charge in [0.2, 0.25) is 11.6 Å². The topological polar surface area (TPSA) is 88.1 Å². The minimum Gasteiger partial charge on any atom is -0.481 e. The van der Waals surface area contributed by atoms with E-state index in [0.717, 1.165) is 3.57 Å². The zero-order valence-corrected chi connectivity index (χ0v) is 21.8. The molecule has 6 atom stereocenters. The monoisotopic (exact) mass is 670 g/mol. The Morgan fingerprint density at radius 3 is 2.23 bits per heavy atom. The van der Waals surface area contributed by atoms with Crippen molar-refractivity contribution in [2.75, 3.05) is 6.61 Å². The van der Waals surface area contributed by atoms with Crippen molar-refractivity contribution in [2.45, 2.75) is 31.5 Å². The third kappa shape index (κ3) is 4.80. The summed E-state index contributed by atoms with van der Waals surface area (Å²) in [5.41, 5.74) is -1.78. The van der Waals surface area contributed by atoms with E-state index in [4.69, 9.17) is 14.2 Å². The SMILES string of the molecule is CC(F)(F)COc1c(F)c(F)c(C(=O)OC2C3CC4C2OC(=O)C4C3C(=O)Oc2ccc(I)cc2)c(F)c1F. The van der Waals surface area contributed by atoms with Gasteiger partial charge in [-0.1, -0.05) is 0 Å². The van der Waals surface area contributed by atoms with Crippen molar-refractivity contribution in [3.63, 3.8) is 0 Å². The lowest BCUT2D eigenvalue weighted by Crippen LogP contribution is -2.44. The molecule has 2 bridgehead atoms. The lowest BCUT2D eigenvalue weighted by Gasteiger charge is -2.30. The molecule has 2 saturated carbocycles. The molecule has 2 aromatic carbocycles. The Kier molecular flexibility index (Phi) is 6.96. The second-order valence-electron chi connectivity index (χ2n) is 9.58. The summed E-state index contributed by atoms with van der Waals surface area (Å²) in [6.07, 6.45) is -2.25. The number of alkyl halides is 2. The standard InChI is InChI=1S/C25H17F6IO7/c1-25(30,31)7-36-21-17(28)15(26)14(16(27)18(21)29)24(35)39-20-10-6-11-13(23(34)38-19(11)20)12(10)22(33)37-9-4-2-8(32)3-5-9/h2-5,10-13,19-20H,6-7H2,1H3. The van der Waals surface area contributed by atoms with Crippen molar-refractivity contribution in [3.05, 3.63) is 56.7 Å². The van der Waals surface area contributed by atoms with Gasteiger partial charge in [0.15, 0.2) is 24.0 Å². The number of hydrogen-bond donors (Lipinski definition) is 0. The first-order valence-electron chi connectivity index (χ1n) is 11.5. The van der Waals surface area contributed by atoms with Crippen LogP contribution in [0.1, 0.15) is 23.7 Å². The number of carbonyl (C=O) groups excluding carboxylic acids is 3. The molecule has 0 radical (unpaired) electrons. The average Bonchev–Trinajstić information content (AvgIpc) is 3.47. The Hall–Kier alpha value is -3.04. The van der Waals surface area contributed by atoms with E-state index < -0.39 is 101 Å². The minimum absolute atomic E-state index is 0.178. The molecule has 6 unspecified atom stereocenters. The summed E-state index contributed by atoms with van der Waals surface area (Å²) >= 11 is 2.05. The van der Waals surface area contributed by atoms with Gasteiger partial charge in [-0.2, -0.15) is 8.78 Å². The first-order chi connectivity index (χ1) is 18.3. The highest BCUT2D eigenvalue weighted by molar-refractivity contribution is 14.1. The van der Waals surface area contributed by atoms with Crippen LogP contribution in [0.2, 0.25) is 0 Å². The number of hydrogen-bond acceptors (Lipinski definition) is 7. The molecule has 3 aliphatic rings. The van der Waals surface area contributed by atoms with Crippen molar-refractivity contribution in [1.82, 2.24) is 0 Å². The smallest absolute Gasteiger partial charge is 0.344 e. The van der Waals surface area contributed by atoms with Gasteiger partial charge in [0.1, 0.15) is 23.5 Å². The highest BCUT2D eigenvalue weighted by atomic mass is 127. The van der Waals surface area contributed by atoms with Gasteiger partial charge < -0.3 is 18.9 Å². The molecule has 0 spiro atoms. The predicted octanol–water partition coefficient (Wildman–Crippen LogP) is 4.82. The van der Waals surface area contributed by atoms with E-state index in [0.29, 0.717) is 6.92 Å². The van der Waals surface area contributed by atoms with Crippen molar-refractivity contribution in [2.24, 2.45) is 23.7 Å². The van der Waals surface area contributed by atoms with E-state index in [9.17, 15) is 40.7 Å². The van der Waals surface area contributed by atoms with Gasteiger partial charge in [-0.15, -0.1) is 0 Å². The molecule has 2 aromatic rings. The summed E-state index contributed by atoms with van der Waals surface area (Å²) in [4.78, 5) is 38.3. The number of ether oxygens (including phenoxy) is 4. The molecule has 1 aliphatic heterocycles. The zero-order valence-electron chi connectivity index (χ0n) is 19.7. The molecule has 0 aromatic heterocycles. The predicted molar refractivity (Wildman–Crippen MR) is 125 cm³/mol. The first kappa shape index (κ1) is 27.5. The fourth-order valence-corrected chi connectivity index (χ4v) is 5.81. The van der Waals surface area contributed by atoms with E-state index in [-0.39, 0.29) is 12.2 Å². The number of halogens is 7. The molecule has 2 aliphatic carbocycles. The number of esters is 3.